The van der Waals surface area contributed by atoms with Gasteiger partial charge < -0.3 is 5.32 Å². The predicted molar refractivity (Wildman–Crippen MR) is 78.3 cm³/mol. The lowest BCUT2D eigenvalue weighted by Gasteiger charge is -2.29. The number of carbonyl (C=O) groups excluding carboxylic acids is 1. The van der Waals surface area contributed by atoms with Crippen LogP contribution in [-0.2, 0) is 0 Å². The highest BCUT2D eigenvalue weighted by atomic mass is 79.9. The summed E-state index contributed by atoms with van der Waals surface area (Å²) in [4.78, 5) is 16.6. The van der Waals surface area contributed by atoms with Crippen molar-refractivity contribution in [1.82, 2.24) is 10.3 Å². The minimum Gasteiger partial charge on any atom is -0.347 e. The molecular weight excluding hydrogens is 292 g/mol. The molecule has 1 unspecified atom stereocenters. The van der Waals surface area contributed by atoms with Crippen LogP contribution in [0.2, 0.25) is 0 Å². The molecule has 0 aliphatic carbocycles. The lowest BCUT2D eigenvalue weighted by molar-refractivity contribution is 0.0900. The molecular formula is C14H21BrN2O. The van der Waals surface area contributed by atoms with Gasteiger partial charge in [0.2, 0.25) is 0 Å². The van der Waals surface area contributed by atoms with E-state index in [4.69, 9.17) is 0 Å². The second kappa shape index (κ2) is 6.32. The van der Waals surface area contributed by atoms with Gasteiger partial charge in [-0.1, -0.05) is 22.9 Å². The highest BCUT2D eigenvalue weighted by Crippen LogP contribution is 2.17. The fraction of sp³-hybridized carbons (Fsp3) is 0.571. The third-order valence-electron chi connectivity index (χ3n) is 3.31. The number of pyridine rings is 1. The van der Waals surface area contributed by atoms with Crippen LogP contribution in [0.3, 0.4) is 0 Å². The zero-order valence-corrected chi connectivity index (χ0v) is 13.1. The van der Waals surface area contributed by atoms with Crippen LogP contribution >= 0.6 is 15.9 Å². The molecule has 18 heavy (non-hydrogen) atoms. The number of aryl methyl sites for hydroxylation is 2. The molecule has 0 radical (unpaired) electrons. The highest BCUT2D eigenvalue weighted by molar-refractivity contribution is 9.09. The second-order valence-electron chi connectivity index (χ2n) is 4.89. The van der Waals surface area contributed by atoms with Gasteiger partial charge in [0, 0.05) is 16.6 Å². The van der Waals surface area contributed by atoms with Gasteiger partial charge in [-0.05, 0) is 45.7 Å². The molecule has 0 aliphatic heterocycles. The maximum atomic E-state index is 12.3. The Bertz CT molecular complexity index is 434. The molecule has 0 fully saturated rings. The molecule has 0 saturated carbocycles. The van der Waals surface area contributed by atoms with Gasteiger partial charge in [0.05, 0.1) is 11.3 Å². The summed E-state index contributed by atoms with van der Waals surface area (Å²) in [7, 11) is 0. The average Bonchev–Trinajstić information content (AvgIpc) is 2.28. The Labute approximate surface area is 118 Å². The van der Waals surface area contributed by atoms with Gasteiger partial charge in [0.1, 0.15) is 0 Å². The van der Waals surface area contributed by atoms with E-state index >= 15 is 0 Å². The Balaban J connectivity index is 2.87. The van der Waals surface area contributed by atoms with Crippen LogP contribution in [0.4, 0.5) is 0 Å². The molecule has 1 heterocycles. The normalized spacial score (nSPS) is 14.1. The van der Waals surface area contributed by atoms with E-state index < -0.39 is 0 Å². The molecule has 1 rings (SSSR count). The Hall–Kier alpha value is -0.900. The largest absolute Gasteiger partial charge is 0.347 e. The Morgan fingerprint density at radius 1 is 1.44 bits per heavy atom. The summed E-state index contributed by atoms with van der Waals surface area (Å²) in [5.41, 5.74) is 2.21. The van der Waals surface area contributed by atoms with Crippen molar-refractivity contribution in [3.8, 4) is 0 Å². The number of carbonyl (C=O) groups is 1. The maximum Gasteiger partial charge on any atom is 0.253 e. The van der Waals surface area contributed by atoms with Crippen molar-refractivity contribution in [2.45, 2.75) is 46.1 Å². The Morgan fingerprint density at radius 3 is 2.61 bits per heavy atom. The first-order valence-electron chi connectivity index (χ1n) is 6.24. The topological polar surface area (TPSA) is 42.0 Å². The molecule has 3 nitrogen and oxygen atoms in total. The summed E-state index contributed by atoms with van der Waals surface area (Å²) in [5, 5.41) is 3.99. The number of amides is 1. The van der Waals surface area contributed by atoms with E-state index in [2.05, 4.69) is 40.1 Å². The molecule has 0 aliphatic rings. The molecule has 1 atom stereocenters. The van der Waals surface area contributed by atoms with Crippen molar-refractivity contribution in [2.75, 3.05) is 5.33 Å². The van der Waals surface area contributed by atoms with Gasteiger partial charge in [0.25, 0.3) is 5.91 Å². The number of aromatic nitrogens is 1. The van der Waals surface area contributed by atoms with Crippen LogP contribution < -0.4 is 5.32 Å². The summed E-state index contributed by atoms with van der Waals surface area (Å²) in [6, 6.07) is 3.72. The van der Waals surface area contributed by atoms with Crippen molar-refractivity contribution >= 4 is 21.8 Å². The fourth-order valence-electron chi connectivity index (χ4n) is 1.80. The number of hydrogen-bond acceptors (Lipinski definition) is 2. The first-order valence-corrected chi connectivity index (χ1v) is 7.36. The summed E-state index contributed by atoms with van der Waals surface area (Å²) < 4.78 is 0. The summed E-state index contributed by atoms with van der Waals surface area (Å²) in [6.45, 7) is 7.96. The van der Waals surface area contributed by atoms with E-state index in [1.54, 1.807) is 0 Å². The minimum atomic E-state index is -0.169. The summed E-state index contributed by atoms with van der Waals surface area (Å²) >= 11 is 3.43. The van der Waals surface area contributed by atoms with E-state index in [9.17, 15) is 4.79 Å². The minimum absolute atomic E-state index is 0.0368. The lowest BCUT2D eigenvalue weighted by Crippen LogP contribution is -2.46. The molecule has 0 aromatic carbocycles. The molecule has 1 aromatic heterocycles. The van der Waals surface area contributed by atoms with Crippen LogP contribution in [-0.4, -0.2) is 21.8 Å². The van der Waals surface area contributed by atoms with Crippen LogP contribution in [0.5, 0.6) is 0 Å². The molecule has 0 bridgehead atoms. The second-order valence-corrected chi connectivity index (χ2v) is 5.69. The molecule has 0 spiro atoms. The van der Waals surface area contributed by atoms with E-state index in [0.29, 0.717) is 5.56 Å². The lowest BCUT2D eigenvalue weighted by atomic mass is 9.95. The number of nitrogens with one attached hydrogen (secondary N) is 1. The zero-order chi connectivity index (χ0) is 13.8. The molecule has 0 saturated heterocycles. The van der Waals surface area contributed by atoms with Gasteiger partial charge in [-0.2, -0.15) is 0 Å². The number of rotatable bonds is 5. The van der Waals surface area contributed by atoms with Gasteiger partial charge in [-0.25, -0.2) is 0 Å². The number of hydrogen-bond donors (Lipinski definition) is 1. The average molecular weight is 313 g/mol. The molecule has 4 heteroatoms. The number of halogens is 1. The van der Waals surface area contributed by atoms with Gasteiger partial charge in [0.15, 0.2) is 0 Å². The molecule has 100 valence electrons. The first-order chi connectivity index (χ1) is 8.41. The summed E-state index contributed by atoms with van der Waals surface area (Å²) in [6.07, 6.45) is 1.82. The molecule has 1 N–H and O–H groups in total. The van der Waals surface area contributed by atoms with Crippen LogP contribution in [0.15, 0.2) is 12.1 Å². The van der Waals surface area contributed by atoms with Crippen LogP contribution in [0.1, 0.15) is 48.4 Å². The van der Waals surface area contributed by atoms with Crippen molar-refractivity contribution in [3.05, 3.63) is 29.1 Å². The first kappa shape index (κ1) is 15.2. The van der Waals surface area contributed by atoms with E-state index in [1.807, 2.05) is 26.0 Å². The van der Waals surface area contributed by atoms with Crippen molar-refractivity contribution < 1.29 is 4.79 Å². The fourth-order valence-corrected chi connectivity index (χ4v) is 2.68. The number of nitrogens with zero attached hydrogens (tertiary/aromatic N) is 1. The standard InChI is InChI=1S/C14H21BrN2O/c1-5-14(4,8-9-15)17-13(18)12-7-6-10(2)16-11(12)3/h6-7H,5,8-9H2,1-4H3,(H,17,18). The highest BCUT2D eigenvalue weighted by Gasteiger charge is 2.24. The zero-order valence-electron chi connectivity index (χ0n) is 11.5. The van der Waals surface area contributed by atoms with Crippen molar-refractivity contribution in [1.29, 1.82) is 0 Å². The monoisotopic (exact) mass is 312 g/mol. The van der Waals surface area contributed by atoms with Gasteiger partial charge in [-0.15, -0.1) is 0 Å². The Morgan fingerprint density at radius 2 is 2.11 bits per heavy atom. The van der Waals surface area contributed by atoms with Crippen molar-refractivity contribution in [3.63, 3.8) is 0 Å². The van der Waals surface area contributed by atoms with E-state index in [1.165, 1.54) is 0 Å². The van der Waals surface area contributed by atoms with Gasteiger partial charge in [-0.3, -0.25) is 9.78 Å². The third-order valence-corrected chi connectivity index (χ3v) is 3.71. The van der Waals surface area contributed by atoms with Crippen LogP contribution in [0, 0.1) is 13.8 Å². The Kier molecular flexibility index (Phi) is 5.32. The molecule has 1 amide bonds. The number of alkyl halides is 1. The smallest absolute Gasteiger partial charge is 0.253 e. The van der Waals surface area contributed by atoms with E-state index in [-0.39, 0.29) is 11.4 Å². The van der Waals surface area contributed by atoms with Crippen molar-refractivity contribution in [2.24, 2.45) is 0 Å². The molecule has 1 aromatic rings. The van der Waals surface area contributed by atoms with Gasteiger partial charge >= 0.3 is 0 Å². The van der Waals surface area contributed by atoms with Crippen LogP contribution in [0.25, 0.3) is 0 Å². The quantitative estimate of drug-likeness (QED) is 0.847. The SMILES string of the molecule is CCC(C)(CCBr)NC(=O)c1ccc(C)nc1C. The summed E-state index contributed by atoms with van der Waals surface area (Å²) in [5.74, 6) is -0.0368. The third kappa shape index (κ3) is 3.80. The van der Waals surface area contributed by atoms with E-state index in [0.717, 1.165) is 29.6 Å². The maximum absolute atomic E-state index is 12.3. The predicted octanol–water partition coefficient (Wildman–Crippen LogP) is 3.38.